The minimum absolute atomic E-state index is 0.0899. The van der Waals surface area contributed by atoms with Crippen LogP contribution in [0.25, 0.3) is 0 Å². The molecule has 1 aromatic carbocycles. The number of rotatable bonds is 6. The van der Waals surface area contributed by atoms with E-state index in [-0.39, 0.29) is 30.8 Å². The second-order valence-electron chi connectivity index (χ2n) is 5.70. The summed E-state index contributed by atoms with van der Waals surface area (Å²) in [7, 11) is 0. The van der Waals surface area contributed by atoms with Crippen LogP contribution in [0.1, 0.15) is 32.6 Å². The number of hydrogen-bond acceptors (Lipinski definition) is 5. The number of ether oxygens (including phenoxy) is 3. The van der Waals surface area contributed by atoms with Crippen LogP contribution in [0.5, 0.6) is 5.75 Å². The Morgan fingerprint density at radius 1 is 1.13 bits per heavy atom. The lowest BCUT2D eigenvalue weighted by molar-refractivity contribution is -0.158. The average Bonchev–Trinajstić information content (AvgIpc) is 2.56. The molecule has 0 aromatic heterocycles. The standard InChI is InChI=1S/C18H22O5/c1-13(2)17(19)23-16-10-8-14(9-11-16)18(20)22-12-21-15-6-4-3-5-7-15/h3-7,14,16H,1,8-12H2,2H3. The first-order valence-electron chi connectivity index (χ1n) is 7.77. The molecule has 5 nitrogen and oxygen atoms in total. The third kappa shape index (κ3) is 5.43. The zero-order chi connectivity index (χ0) is 16.7. The first kappa shape index (κ1) is 17.1. The lowest BCUT2D eigenvalue weighted by Gasteiger charge is -2.27. The van der Waals surface area contributed by atoms with Gasteiger partial charge in [-0.25, -0.2) is 4.79 Å². The summed E-state index contributed by atoms with van der Waals surface area (Å²) in [6.07, 6.45) is 2.50. The van der Waals surface area contributed by atoms with Crippen molar-refractivity contribution in [3.05, 3.63) is 42.5 Å². The molecule has 1 fully saturated rings. The van der Waals surface area contributed by atoms with Gasteiger partial charge < -0.3 is 14.2 Å². The van der Waals surface area contributed by atoms with E-state index in [1.807, 2.05) is 18.2 Å². The van der Waals surface area contributed by atoms with Crippen LogP contribution >= 0.6 is 0 Å². The van der Waals surface area contributed by atoms with E-state index < -0.39 is 0 Å². The van der Waals surface area contributed by atoms with Gasteiger partial charge in [0.25, 0.3) is 0 Å². The van der Waals surface area contributed by atoms with Gasteiger partial charge in [0, 0.05) is 5.57 Å². The topological polar surface area (TPSA) is 61.8 Å². The van der Waals surface area contributed by atoms with Gasteiger partial charge in [0.2, 0.25) is 6.79 Å². The lowest BCUT2D eigenvalue weighted by atomic mass is 9.87. The Balaban J connectivity index is 1.67. The summed E-state index contributed by atoms with van der Waals surface area (Å²) >= 11 is 0. The van der Waals surface area contributed by atoms with Crippen molar-refractivity contribution in [1.29, 1.82) is 0 Å². The molecule has 0 bridgehead atoms. The van der Waals surface area contributed by atoms with Gasteiger partial charge >= 0.3 is 11.9 Å². The highest BCUT2D eigenvalue weighted by Crippen LogP contribution is 2.27. The highest BCUT2D eigenvalue weighted by molar-refractivity contribution is 5.87. The number of para-hydroxylation sites is 1. The maximum absolute atomic E-state index is 12.0. The Hall–Kier alpha value is -2.30. The Morgan fingerprint density at radius 2 is 1.78 bits per heavy atom. The van der Waals surface area contributed by atoms with Crippen LogP contribution in [-0.2, 0) is 19.1 Å². The average molecular weight is 318 g/mol. The molecule has 1 saturated carbocycles. The molecule has 2 rings (SSSR count). The maximum Gasteiger partial charge on any atom is 0.333 e. The summed E-state index contributed by atoms with van der Waals surface area (Å²) in [5, 5.41) is 0. The Bertz CT molecular complexity index is 544. The summed E-state index contributed by atoms with van der Waals surface area (Å²) in [4.78, 5) is 23.5. The van der Waals surface area contributed by atoms with Gasteiger partial charge in [-0.3, -0.25) is 4.79 Å². The second-order valence-corrected chi connectivity index (χ2v) is 5.70. The molecule has 0 spiro atoms. The molecule has 23 heavy (non-hydrogen) atoms. The number of carbonyl (C=O) groups is 2. The van der Waals surface area contributed by atoms with Gasteiger partial charge in [-0.05, 0) is 44.7 Å². The number of hydrogen-bond donors (Lipinski definition) is 0. The Kier molecular flexibility index (Phi) is 6.20. The summed E-state index contributed by atoms with van der Waals surface area (Å²) in [6, 6.07) is 9.19. The van der Waals surface area contributed by atoms with Gasteiger partial charge in [-0.1, -0.05) is 24.8 Å². The van der Waals surface area contributed by atoms with Crippen LogP contribution in [0.15, 0.2) is 42.5 Å². The lowest BCUT2D eigenvalue weighted by Crippen LogP contribution is -2.29. The molecule has 0 radical (unpaired) electrons. The first-order valence-corrected chi connectivity index (χ1v) is 7.77. The zero-order valence-corrected chi connectivity index (χ0v) is 13.3. The van der Waals surface area contributed by atoms with Gasteiger partial charge in [0.15, 0.2) is 0 Å². The monoisotopic (exact) mass is 318 g/mol. The van der Waals surface area contributed by atoms with E-state index in [1.165, 1.54) is 0 Å². The summed E-state index contributed by atoms with van der Waals surface area (Å²) in [5.41, 5.74) is 0.393. The van der Waals surface area contributed by atoms with Crippen molar-refractivity contribution in [2.24, 2.45) is 5.92 Å². The maximum atomic E-state index is 12.0. The van der Waals surface area contributed by atoms with E-state index in [1.54, 1.807) is 19.1 Å². The highest BCUT2D eigenvalue weighted by Gasteiger charge is 2.29. The van der Waals surface area contributed by atoms with E-state index >= 15 is 0 Å². The van der Waals surface area contributed by atoms with Crippen molar-refractivity contribution in [2.45, 2.75) is 38.7 Å². The van der Waals surface area contributed by atoms with E-state index in [0.717, 1.165) is 0 Å². The largest absolute Gasteiger partial charge is 0.459 e. The number of carbonyl (C=O) groups excluding carboxylic acids is 2. The molecular weight excluding hydrogens is 296 g/mol. The van der Waals surface area contributed by atoms with Crippen molar-refractivity contribution in [1.82, 2.24) is 0 Å². The Labute approximate surface area is 136 Å². The van der Waals surface area contributed by atoms with Gasteiger partial charge in [-0.2, -0.15) is 0 Å². The van der Waals surface area contributed by atoms with Gasteiger partial charge in [0.05, 0.1) is 5.92 Å². The molecular formula is C18H22O5. The molecule has 0 atom stereocenters. The van der Waals surface area contributed by atoms with Crippen LogP contribution in [0.4, 0.5) is 0 Å². The predicted molar refractivity (Wildman–Crippen MR) is 84.7 cm³/mol. The molecule has 1 aliphatic rings. The van der Waals surface area contributed by atoms with Gasteiger partial charge in [0.1, 0.15) is 11.9 Å². The molecule has 0 heterocycles. The third-order valence-electron chi connectivity index (χ3n) is 3.80. The van der Waals surface area contributed by atoms with Crippen molar-refractivity contribution in [3.8, 4) is 5.75 Å². The fourth-order valence-electron chi connectivity index (χ4n) is 2.46. The molecule has 0 unspecified atom stereocenters. The molecule has 0 N–H and O–H groups in total. The third-order valence-corrected chi connectivity index (χ3v) is 3.80. The van der Waals surface area contributed by atoms with Crippen LogP contribution < -0.4 is 4.74 Å². The van der Waals surface area contributed by atoms with Crippen LogP contribution in [0.3, 0.4) is 0 Å². The Morgan fingerprint density at radius 3 is 2.39 bits per heavy atom. The van der Waals surface area contributed by atoms with Crippen molar-refractivity contribution in [2.75, 3.05) is 6.79 Å². The molecule has 1 aliphatic carbocycles. The van der Waals surface area contributed by atoms with Crippen LogP contribution in [0, 0.1) is 5.92 Å². The zero-order valence-electron chi connectivity index (χ0n) is 13.3. The van der Waals surface area contributed by atoms with E-state index in [4.69, 9.17) is 14.2 Å². The van der Waals surface area contributed by atoms with Crippen molar-refractivity contribution < 1.29 is 23.8 Å². The quantitative estimate of drug-likeness (QED) is 0.458. The van der Waals surface area contributed by atoms with E-state index in [0.29, 0.717) is 37.0 Å². The minimum Gasteiger partial charge on any atom is -0.459 e. The molecule has 0 aliphatic heterocycles. The van der Waals surface area contributed by atoms with Crippen molar-refractivity contribution in [3.63, 3.8) is 0 Å². The SMILES string of the molecule is C=C(C)C(=O)OC1CCC(C(=O)OCOc2ccccc2)CC1. The van der Waals surface area contributed by atoms with Crippen LogP contribution in [-0.4, -0.2) is 24.8 Å². The second kappa shape index (κ2) is 8.36. The molecule has 0 amide bonds. The molecule has 5 heteroatoms. The van der Waals surface area contributed by atoms with Crippen LogP contribution in [0.2, 0.25) is 0 Å². The van der Waals surface area contributed by atoms with Gasteiger partial charge in [-0.15, -0.1) is 0 Å². The van der Waals surface area contributed by atoms with Crippen molar-refractivity contribution >= 4 is 11.9 Å². The molecule has 0 saturated heterocycles. The fraction of sp³-hybridized carbons (Fsp3) is 0.444. The van der Waals surface area contributed by atoms with E-state index in [9.17, 15) is 9.59 Å². The molecule has 124 valence electrons. The molecule has 1 aromatic rings. The van der Waals surface area contributed by atoms with E-state index in [2.05, 4.69) is 6.58 Å². The predicted octanol–water partition coefficient (Wildman–Crippen LogP) is 3.24. The minimum atomic E-state index is -0.368. The number of benzene rings is 1. The summed E-state index contributed by atoms with van der Waals surface area (Å²) < 4.78 is 15.8. The normalized spacial score (nSPS) is 20.4. The smallest absolute Gasteiger partial charge is 0.333 e. The fourth-order valence-corrected chi connectivity index (χ4v) is 2.46. The number of esters is 2. The first-order chi connectivity index (χ1) is 11.1. The highest BCUT2D eigenvalue weighted by atomic mass is 16.7. The summed E-state index contributed by atoms with van der Waals surface area (Å²) in [5.74, 6) is -0.122. The summed E-state index contributed by atoms with van der Waals surface area (Å²) in [6.45, 7) is 5.09.